The highest BCUT2D eigenvalue weighted by molar-refractivity contribution is 7.17. The Morgan fingerprint density at radius 3 is 3.00 bits per heavy atom. The summed E-state index contributed by atoms with van der Waals surface area (Å²) in [7, 11) is 0. The van der Waals surface area contributed by atoms with Gasteiger partial charge in [-0.25, -0.2) is 9.78 Å². The largest absolute Gasteiger partial charge is 0.477 e. The van der Waals surface area contributed by atoms with Crippen molar-refractivity contribution in [2.24, 2.45) is 0 Å². The van der Waals surface area contributed by atoms with Gasteiger partial charge >= 0.3 is 5.97 Å². The lowest BCUT2D eigenvalue weighted by molar-refractivity contribution is 0.0701. The van der Waals surface area contributed by atoms with Crippen molar-refractivity contribution in [3.8, 4) is 0 Å². The highest BCUT2D eigenvalue weighted by Gasteiger charge is 2.15. The van der Waals surface area contributed by atoms with Crippen LogP contribution in [0.5, 0.6) is 0 Å². The fraction of sp³-hybridized carbons (Fsp3) is 0.333. The van der Waals surface area contributed by atoms with Gasteiger partial charge in [0.25, 0.3) is 0 Å². The van der Waals surface area contributed by atoms with E-state index in [0.29, 0.717) is 10.8 Å². The summed E-state index contributed by atoms with van der Waals surface area (Å²) in [5.74, 6) is -0.0431. The van der Waals surface area contributed by atoms with Crippen molar-refractivity contribution in [3.05, 3.63) is 34.7 Å². The quantitative estimate of drug-likeness (QED) is 0.870. The van der Waals surface area contributed by atoms with E-state index < -0.39 is 5.97 Å². The number of thiazole rings is 1. The Bertz CT molecular complexity index is 534. The average molecular weight is 266 g/mol. The van der Waals surface area contributed by atoms with Crippen LogP contribution in [0.25, 0.3) is 0 Å². The molecule has 0 aliphatic heterocycles. The normalized spacial score (nSPS) is 12.3. The number of carboxylic acid groups (broad SMARTS) is 1. The lowest BCUT2D eigenvalue weighted by Gasteiger charge is -2.10. The summed E-state index contributed by atoms with van der Waals surface area (Å²) in [4.78, 5) is 15.4. The monoisotopic (exact) mass is 266 g/mol. The summed E-state index contributed by atoms with van der Waals surface area (Å²) in [6.07, 6.45) is 2.37. The van der Waals surface area contributed by atoms with Gasteiger partial charge in [0.2, 0.25) is 0 Å². The van der Waals surface area contributed by atoms with E-state index >= 15 is 0 Å². The lowest BCUT2D eigenvalue weighted by atomic mass is 10.2. The molecule has 0 saturated carbocycles. The van der Waals surface area contributed by atoms with E-state index in [1.807, 2.05) is 19.1 Å². The molecule has 2 heterocycles. The fourth-order valence-electron chi connectivity index (χ4n) is 1.65. The third-order valence-corrected chi connectivity index (χ3v) is 3.52. The number of carbonyl (C=O) groups is 1. The van der Waals surface area contributed by atoms with Gasteiger partial charge in [0, 0.05) is 12.5 Å². The molecule has 6 heteroatoms. The second-order valence-corrected chi connectivity index (χ2v) is 5.07. The molecule has 2 aromatic rings. The van der Waals surface area contributed by atoms with Crippen LogP contribution in [0.15, 0.2) is 22.8 Å². The van der Waals surface area contributed by atoms with Crippen LogP contribution in [0.2, 0.25) is 0 Å². The number of nitrogens with one attached hydrogen (secondary N) is 1. The molecule has 0 aromatic carbocycles. The molecule has 0 saturated heterocycles. The van der Waals surface area contributed by atoms with Gasteiger partial charge in [-0.2, -0.15) is 0 Å². The van der Waals surface area contributed by atoms with Crippen LogP contribution in [0, 0.1) is 6.92 Å². The third kappa shape index (κ3) is 2.89. The van der Waals surface area contributed by atoms with Gasteiger partial charge in [-0.15, -0.1) is 0 Å². The zero-order chi connectivity index (χ0) is 13.1. The minimum Gasteiger partial charge on any atom is -0.477 e. The molecule has 0 fully saturated rings. The van der Waals surface area contributed by atoms with E-state index in [1.54, 1.807) is 13.2 Å². The van der Waals surface area contributed by atoms with Crippen LogP contribution < -0.4 is 5.32 Å². The second kappa shape index (κ2) is 5.22. The standard InChI is InChI=1S/C12H14N2O3S/c1-7(6-9-4-3-5-17-9)13-12-14-8(2)10(18-12)11(15)16/h3-5,7H,6H2,1-2H3,(H,13,14)(H,15,16). The smallest absolute Gasteiger partial charge is 0.347 e. The van der Waals surface area contributed by atoms with Crippen molar-refractivity contribution in [1.29, 1.82) is 0 Å². The maximum absolute atomic E-state index is 10.9. The van der Waals surface area contributed by atoms with Crippen LogP contribution in [-0.2, 0) is 6.42 Å². The van der Waals surface area contributed by atoms with Gasteiger partial charge in [0.1, 0.15) is 10.6 Å². The topological polar surface area (TPSA) is 75.4 Å². The van der Waals surface area contributed by atoms with Crippen molar-refractivity contribution in [2.45, 2.75) is 26.3 Å². The van der Waals surface area contributed by atoms with Crippen LogP contribution in [-0.4, -0.2) is 22.1 Å². The maximum atomic E-state index is 10.9. The van der Waals surface area contributed by atoms with Gasteiger partial charge < -0.3 is 14.8 Å². The average Bonchev–Trinajstić information content (AvgIpc) is 2.88. The Kier molecular flexibility index (Phi) is 3.66. The van der Waals surface area contributed by atoms with Gasteiger partial charge in [0.15, 0.2) is 5.13 Å². The van der Waals surface area contributed by atoms with Crippen LogP contribution in [0.1, 0.15) is 28.0 Å². The Morgan fingerprint density at radius 1 is 1.67 bits per heavy atom. The van der Waals surface area contributed by atoms with Crippen molar-refractivity contribution >= 4 is 22.4 Å². The highest BCUT2D eigenvalue weighted by Crippen LogP contribution is 2.23. The second-order valence-electron chi connectivity index (χ2n) is 4.07. The summed E-state index contributed by atoms with van der Waals surface area (Å²) in [5, 5.41) is 12.8. The molecule has 18 heavy (non-hydrogen) atoms. The maximum Gasteiger partial charge on any atom is 0.347 e. The molecule has 2 aromatic heterocycles. The Hall–Kier alpha value is -1.82. The number of nitrogens with zero attached hydrogens (tertiary/aromatic N) is 1. The van der Waals surface area contributed by atoms with E-state index in [4.69, 9.17) is 9.52 Å². The summed E-state index contributed by atoms with van der Waals surface area (Å²) < 4.78 is 5.26. The van der Waals surface area contributed by atoms with Gasteiger partial charge in [-0.05, 0) is 26.0 Å². The number of aromatic nitrogens is 1. The lowest BCUT2D eigenvalue weighted by Crippen LogP contribution is -2.17. The number of hydrogen-bond acceptors (Lipinski definition) is 5. The zero-order valence-corrected chi connectivity index (χ0v) is 11.0. The molecular weight excluding hydrogens is 252 g/mol. The van der Waals surface area contributed by atoms with Crippen molar-refractivity contribution in [1.82, 2.24) is 4.98 Å². The number of hydrogen-bond donors (Lipinski definition) is 2. The summed E-state index contributed by atoms with van der Waals surface area (Å²) in [5.41, 5.74) is 0.542. The Labute approximate surface area is 108 Å². The molecule has 1 atom stereocenters. The number of rotatable bonds is 5. The first-order chi connectivity index (χ1) is 8.56. The number of furan rings is 1. The molecular formula is C12H14N2O3S. The van der Waals surface area contributed by atoms with Crippen molar-refractivity contribution in [3.63, 3.8) is 0 Å². The van der Waals surface area contributed by atoms with E-state index in [9.17, 15) is 4.79 Å². The molecule has 0 spiro atoms. The molecule has 0 amide bonds. The Balaban J connectivity index is 2.01. The summed E-state index contributed by atoms with van der Waals surface area (Å²) in [6, 6.07) is 3.88. The van der Waals surface area contributed by atoms with E-state index in [0.717, 1.165) is 23.5 Å². The third-order valence-electron chi connectivity index (χ3n) is 2.45. The van der Waals surface area contributed by atoms with Crippen LogP contribution in [0.3, 0.4) is 0 Å². The van der Waals surface area contributed by atoms with Crippen LogP contribution >= 0.6 is 11.3 Å². The molecule has 0 bridgehead atoms. The molecule has 1 unspecified atom stereocenters. The van der Waals surface area contributed by atoms with E-state index in [1.165, 1.54) is 0 Å². The minimum atomic E-state index is -0.934. The minimum absolute atomic E-state index is 0.128. The SMILES string of the molecule is Cc1nc(NC(C)Cc2ccco2)sc1C(=O)O. The number of aromatic carboxylic acids is 1. The van der Waals surface area contributed by atoms with Gasteiger partial charge in [-0.1, -0.05) is 11.3 Å². The summed E-state index contributed by atoms with van der Waals surface area (Å²) in [6.45, 7) is 3.70. The zero-order valence-electron chi connectivity index (χ0n) is 10.1. The van der Waals surface area contributed by atoms with Crippen LogP contribution in [0.4, 0.5) is 5.13 Å². The van der Waals surface area contributed by atoms with Gasteiger partial charge in [-0.3, -0.25) is 0 Å². The molecule has 0 aliphatic carbocycles. The molecule has 2 N–H and O–H groups in total. The first-order valence-corrected chi connectivity index (χ1v) is 6.37. The van der Waals surface area contributed by atoms with Gasteiger partial charge in [0.05, 0.1) is 12.0 Å². The molecule has 96 valence electrons. The van der Waals surface area contributed by atoms with E-state index in [2.05, 4.69) is 10.3 Å². The first kappa shape index (κ1) is 12.6. The van der Waals surface area contributed by atoms with E-state index in [-0.39, 0.29) is 10.9 Å². The predicted octanol–water partition coefficient (Wildman–Crippen LogP) is 2.79. The van der Waals surface area contributed by atoms with Crippen molar-refractivity contribution in [2.75, 3.05) is 5.32 Å². The molecule has 5 nitrogen and oxygen atoms in total. The highest BCUT2D eigenvalue weighted by atomic mass is 32.1. The van der Waals surface area contributed by atoms with Crippen molar-refractivity contribution < 1.29 is 14.3 Å². The number of anilines is 1. The molecule has 0 aliphatic rings. The molecule has 2 rings (SSSR count). The fourth-order valence-corrected chi connectivity index (χ4v) is 2.57. The number of carboxylic acids is 1. The Morgan fingerprint density at radius 2 is 2.44 bits per heavy atom. The molecule has 0 radical (unpaired) electrons. The predicted molar refractivity (Wildman–Crippen MR) is 69.3 cm³/mol. The summed E-state index contributed by atoms with van der Waals surface area (Å²) >= 11 is 1.16. The number of aryl methyl sites for hydroxylation is 1. The first-order valence-electron chi connectivity index (χ1n) is 5.56.